The highest BCUT2D eigenvalue weighted by Gasteiger charge is 2.52. The minimum Gasteiger partial charge on any atom is -0.504 e. The topological polar surface area (TPSA) is 322 Å². The second kappa shape index (κ2) is 10.7. The maximum absolute atomic E-state index is 13.4. The van der Waals surface area contributed by atoms with Crippen LogP contribution < -0.4 is 0 Å². The summed E-state index contributed by atoms with van der Waals surface area (Å²) >= 11 is 0. The number of fused-ring (bicyclic) bond motifs is 3. The molecule has 0 aliphatic carbocycles. The second-order valence-corrected chi connectivity index (χ2v) is 9.89. The molecule has 12 N–H and O–H groups in total. The molecule has 18 nitrogen and oxygen atoms in total. The van der Waals surface area contributed by atoms with E-state index in [9.17, 15) is 75.7 Å². The van der Waals surface area contributed by atoms with Gasteiger partial charge in [0.15, 0.2) is 58.6 Å². The van der Waals surface area contributed by atoms with E-state index in [1.807, 2.05) is 0 Å². The quantitative estimate of drug-likeness (QED) is 0.0946. The Morgan fingerprint density at radius 1 is 0.733 bits per heavy atom. The van der Waals surface area contributed by atoms with Crippen LogP contribution in [0, 0.1) is 0 Å². The number of benzene rings is 3. The standard InChI is InChI=1S/C27H22O18/c28-4-10(43-25(40)5-1-7(29)15(32)8(30)2-5)17(34)23-24-21(38)14-13(27(42)45-24)12(19(36)22(39)20(14)37)11-6(26(41)44-23)3-9(31)16(33)18(11)35/h1-3,10,17,21,23-24,28-39H,4H2/t10-,17+,21-,23+,24?/m0/s1. The van der Waals surface area contributed by atoms with Crippen LogP contribution in [0.5, 0.6) is 51.7 Å². The number of phenols is 9. The molecule has 3 heterocycles. The number of carbonyl (C=O) groups is 3. The van der Waals surface area contributed by atoms with Gasteiger partial charge in [0.05, 0.1) is 23.3 Å². The molecule has 3 aromatic carbocycles. The van der Waals surface area contributed by atoms with Crippen molar-refractivity contribution >= 4 is 17.9 Å². The number of rotatable bonds is 5. The lowest BCUT2D eigenvalue weighted by atomic mass is 9.82. The first-order valence-electron chi connectivity index (χ1n) is 12.5. The number of esters is 3. The maximum Gasteiger partial charge on any atom is 0.339 e. The molecule has 0 amide bonds. The smallest absolute Gasteiger partial charge is 0.339 e. The lowest BCUT2D eigenvalue weighted by Crippen LogP contribution is -2.54. The van der Waals surface area contributed by atoms with Crippen molar-refractivity contribution in [2.45, 2.75) is 30.5 Å². The Morgan fingerprint density at radius 3 is 1.91 bits per heavy atom. The highest BCUT2D eigenvalue weighted by atomic mass is 16.6. The van der Waals surface area contributed by atoms with Crippen LogP contribution in [0.3, 0.4) is 0 Å². The number of aromatic hydroxyl groups is 9. The van der Waals surface area contributed by atoms with Crippen LogP contribution in [0.1, 0.15) is 42.7 Å². The summed E-state index contributed by atoms with van der Waals surface area (Å²) in [4.78, 5) is 39.5. The van der Waals surface area contributed by atoms with E-state index in [1.54, 1.807) is 0 Å². The second-order valence-electron chi connectivity index (χ2n) is 9.89. The van der Waals surface area contributed by atoms with Gasteiger partial charge in [-0.2, -0.15) is 0 Å². The number of ether oxygens (including phenoxy) is 3. The largest absolute Gasteiger partial charge is 0.504 e. The van der Waals surface area contributed by atoms with Gasteiger partial charge in [-0.3, -0.25) is 0 Å². The summed E-state index contributed by atoms with van der Waals surface area (Å²) in [7, 11) is 0. The van der Waals surface area contributed by atoms with Crippen molar-refractivity contribution in [1.29, 1.82) is 0 Å². The summed E-state index contributed by atoms with van der Waals surface area (Å²) in [5.41, 5.74) is -5.22. The molecular formula is C27H22O18. The average molecular weight is 634 g/mol. The molecule has 5 atom stereocenters. The van der Waals surface area contributed by atoms with E-state index < -0.39 is 140 Å². The molecule has 0 saturated heterocycles. The van der Waals surface area contributed by atoms with Crippen molar-refractivity contribution < 1.29 is 89.9 Å². The van der Waals surface area contributed by atoms with Crippen molar-refractivity contribution in [3.63, 3.8) is 0 Å². The highest BCUT2D eigenvalue weighted by Crippen LogP contribution is 2.57. The lowest BCUT2D eigenvalue weighted by Gasteiger charge is -2.39. The summed E-state index contributed by atoms with van der Waals surface area (Å²) in [6, 6.07) is 1.81. The van der Waals surface area contributed by atoms with E-state index in [0.29, 0.717) is 18.2 Å². The van der Waals surface area contributed by atoms with Gasteiger partial charge in [0.2, 0.25) is 11.5 Å². The van der Waals surface area contributed by atoms with Crippen molar-refractivity contribution in [3.05, 3.63) is 40.5 Å². The number of hydrogen-bond donors (Lipinski definition) is 12. The summed E-state index contributed by atoms with van der Waals surface area (Å²) in [5.74, 6) is -15.2. The molecular weight excluding hydrogens is 612 g/mol. The number of aliphatic hydroxyl groups excluding tert-OH is 3. The molecule has 18 heteroatoms. The molecule has 3 aliphatic heterocycles. The summed E-state index contributed by atoms with van der Waals surface area (Å²) in [6.45, 7) is -1.25. The zero-order valence-corrected chi connectivity index (χ0v) is 22.1. The van der Waals surface area contributed by atoms with Gasteiger partial charge < -0.3 is 75.5 Å². The molecule has 3 aromatic rings. The molecule has 45 heavy (non-hydrogen) atoms. The first-order valence-corrected chi connectivity index (χ1v) is 12.5. The average Bonchev–Trinajstić information content (AvgIpc) is 3.00. The van der Waals surface area contributed by atoms with Gasteiger partial charge in [0, 0.05) is 16.7 Å². The Labute approximate surface area is 248 Å². The number of aliphatic hydroxyl groups is 3. The predicted molar refractivity (Wildman–Crippen MR) is 139 cm³/mol. The minimum absolute atomic E-state index is 0.510. The van der Waals surface area contributed by atoms with E-state index in [2.05, 4.69) is 0 Å². The third-order valence-electron chi connectivity index (χ3n) is 7.27. The molecule has 1 unspecified atom stereocenters. The third kappa shape index (κ3) is 4.60. The van der Waals surface area contributed by atoms with Crippen LogP contribution in [0.2, 0.25) is 0 Å². The van der Waals surface area contributed by atoms with Crippen LogP contribution in [0.4, 0.5) is 0 Å². The van der Waals surface area contributed by atoms with Gasteiger partial charge in [-0.05, 0) is 18.2 Å². The number of hydrogen-bond acceptors (Lipinski definition) is 18. The van der Waals surface area contributed by atoms with Crippen molar-refractivity contribution in [2.75, 3.05) is 6.61 Å². The monoisotopic (exact) mass is 634 g/mol. The molecule has 3 aliphatic rings. The van der Waals surface area contributed by atoms with E-state index in [1.165, 1.54) is 0 Å². The molecule has 0 radical (unpaired) electrons. The van der Waals surface area contributed by atoms with E-state index in [-0.39, 0.29) is 0 Å². The van der Waals surface area contributed by atoms with Crippen LogP contribution >= 0.6 is 0 Å². The van der Waals surface area contributed by atoms with Crippen LogP contribution in [-0.4, -0.2) is 110 Å². The van der Waals surface area contributed by atoms with Gasteiger partial charge in [-0.25, -0.2) is 14.4 Å². The van der Waals surface area contributed by atoms with Crippen LogP contribution in [0.25, 0.3) is 11.1 Å². The summed E-state index contributed by atoms with van der Waals surface area (Å²) in [5, 5.41) is 124. The van der Waals surface area contributed by atoms with Crippen LogP contribution in [0.15, 0.2) is 18.2 Å². The summed E-state index contributed by atoms with van der Waals surface area (Å²) in [6.07, 6.45) is -11.4. The Kier molecular flexibility index (Phi) is 7.28. The molecule has 6 rings (SSSR count). The van der Waals surface area contributed by atoms with Crippen molar-refractivity contribution in [1.82, 2.24) is 0 Å². The zero-order valence-electron chi connectivity index (χ0n) is 22.1. The van der Waals surface area contributed by atoms with Gasteiger partial charge in [0.1, 0.15) is 12.2 Å². The van der Waals surface area contributed by atoms with Gasteiger partial charge in [-0.1, -0.05) is 0 Å². The molecule has 0 spiro atoms. The molecule has 0 fully saturated rings. The minimum atomic E-state index is -2.43. The summed E-state index contributed by atoms with van der Waals surface area (Å²) < 4.78 is 15.5. The van der Waals surface area contributed by atoms with Crippen LogP contribution in [-0.2, 0) is 14.2 Å². The van der Waals surface area contributed by atoms with E-state index in [4.69, 9.17) is 14.2 Å². The third-order valence-corrected chi connectivity index (χ3v) is 7.27. The van der Waals surface area contributed by atoms with Gasteiger partial charge in [-0.15, -0.1) is 0 Å². The fourth-order valence-electron chi connectivity index (χ4n) is 5.06. The SMILES string of the molecule is O=C(O[C@@H](CO)[C@@H](O)[C@H]1OC(=O)c2cc(O)c(O)c(O)c2-c2c(O)c(O)c(O)c3c2C(=O)OC1[C@H]3O)c1cc(O)c(O)c(O)c1. The lowest BCUT2D eigenvalue weighted by molar-refractivity contribution is -0.152. The Hall–Kier alpha value is -5.85. The Bertz CT molecular complexity index is 1760. The molecule has 238 valence electrons. The van der Waals surface area contributed by atoms with Gasteiger partial charge >= 0.3 is 17.9 Å². The fraction of sp³-hybridized carbons (Fsp3) is 0.222. The zero-order chi connectivity index (χ0) is 33.2. The van der Waals surface area contributed by atoms with E-state index in [0.717, 1.165) is 0 Å². The first-order chi connectivity index (χ1) is 21.1. The number of carbonyl (C=O) groups excluding carboxylic acids is 3. The molecule has 0 saturated carbocycles. The van der Waals surface area contributed by atoms with E-state index >= 15 is 0 Å². The Balaban J connectivity index is 1.67. The van der Waals surface area contributed by atoms with Crippen molar-refractivity contribution in [2.24, 2.45) is 0 Å². The first kappa shape index (κ1) is 30.6. The highest BCUT2D eigenvalue weighted by molar-refractivity contribution is 6.10. The maximum atomic E-state index is 13.4. The van der Waals surface area contributed by atoms with Gasteiger partial charge in [0.25, 0.3) is 0 Å². The molecule has 4 bridgehead atoms. The fourth-order valence-corrected chi connectivity index (χ4v) is 5.06. The normalized spacial score (nSPS) is 20.0. The predicted octanol–water partition coefficient (Wildman–Crippen LogP) is -0.606. The Morgan fingerprint density at radius 2 is 1.31 bits per heavy atom. The van der Waals surface area contributed by atoms with Crippen molar-refractivity contribution in [3.8, 4) is 62.9 Å². The number of phenolic OH excluding ortho intramolecular Hbond substituents is 9. The molecule has 0 aromatic heterocycles.